The van der Waals surface area contributed by atoms with Crippen molar-refractivity contribution >= 4 is 5.97 Å². The van der Waals surface area contributed by atoms with Gasteiger partial charge in [0.2, 0.25) is 0 Å². The molecule has 0 aromatic carbocycles. The van der Waals surface area contributed by atoms with Crippen LogP contribution < -0.4 is 0 Å². The van der Waals surface area contributed by atoms with Gasteiger partial charge in [-0.2, -0.15) is 0 Å². The lowest BCUT2D eigenvalue weighted by Gasteiger charge is -2.47. The Hall–Kier alpha value is -0.830. The molecule has 1 aliphatic heterocycles. The van der Waals surface area contributed by atoms with E-state index in [-0.39, 0.29) is 5.97 Å². The Balaban J connectivity index is 1.99. The molecule has 2 rings (SSSR count). The third kappa shape index (κ3) is 2.07. The highest BCUT2D eigenvalue weighted by molar-refractivity contribution is 5.80. The van der Waals surface area contributed by atoms with Crippen molar-refractivity contribution in [2.45, 2.75) is 44.6 Å². The quantitative estimate of drug-likeness (QED) is 0.527. The van der Waals surface area contributed by atoms with Crippen LogP contribution in [0.1, 0.15) is 38.5 Å². The van der Waals surface area contributed by atoms with E-state index >= 15 is 0 Å². The maximum Gasteiger partial charge on any atom is 0.389 e. The van der Waals surface area contributed by atoms with Crippen molar-refractivity contribution in [3.8, 4) is 0 Å². The van der Waals surface area contributed by atoms with Crippen LogP contribution in [-0.2, 0) is 9.63 Å². The Bertz CT molecular complexity index is 252. The molecule has 1 heterocycles. The third-order valence-corrected chi connectivity index (χ3v) is 3.75. The SMILES string of the molecule is C=CC(=O)O[N+]1(C2CCCCC2)CCC1. The largest absolute Gasteiger partial charge is 0.389 e. The third-order valence-electron chi connectivity index (χ3n) is 3.75. The monoisotopic (exact) mass is 210 g/mol. The van der Waals surface area contributed by atoms with E-state index in [0.29, 0.717) is 10.7 Å². The lowest BCUT2D eigenvalue weighted by atomic mass is 9.91. The van der Waals surface area contributed by atoms with E-state index in [2.05, 4.69) is 6.58 Å². The minimum Gasteiger partial charge on any atom is -0.272 e. The minimum absolute atomic E-state index is 0.264. The van der Waals surface area contributed by atoms with Gasteiger partial charge in [-0.05, 0) is 12.8 Å². The van der Waals surface area contributed by atoms with Crippen molar-refractivity contribution in [3.05, 3.63) is 12.7 Å². The molecule has 1 saturated carbocycles. The molecule has 1 saturated heterocycles. The zero-order valence-electron chi connectivity index (χ0n) is 9.28. The van der Waals surface area contributed by atoms with E-state index in [9.17, 15) is 4.79 Å². The van der Waals surface area contributed by atoms with Gasteiger partial charge < -0.3 is 0 Å². The summed E-state index contributed by atoms with van der Waals surface area (Å²) in [5, 5.41) is 0. The number of hydroxylamine groups is 3. The van der Waals surface area contributed by atoms with E-state index in [0.717, 1.165) is 13.1 Å². The lowest BCUT2D eigenvalue weighted by molar-refractivity contribution is -1.13. The van der Waals surface area contributed by atoms with Crippen LogP contribution >= 0.6 is 0 Å². The average molecular weight is 210 g/mol. The van der Waals surface area contributed by atoms with Crippen LogP contribution in [0.15, 0.2) is 12.7 Å². The zero-order chi connectivity index (χ0) is 10.7. The van der Waals surface area contributed by atoms with Crippen molar-refractivity contribution in [2.24, 2.45) is 0 Å². The number of rotatable bonds is 3. The molecule has 0 radical (unpaired) electrons. The molecule has 0 aromatic rings. The zero-order valence-corrected chi connectivity index (χ0v) is 9.28. The first-order valence-corrected chi connectivity index (χ1v) is 5.99. The Labute approximate surface area is 91.3 Å². The predicted octanol–water partition coefficient (Wildman–Crippen LogP) is 2.18. The van der Waals surface area contributed by atoms with Gasteiger partial charge in [-0.15, -0.1) is 4.65 Å². The highest BCUT2D eigenvalue weighted by Crippen LogP contribution is 2.34. The topological polar surface area (TPSA) is 26.3 Å². The van der Waals surface area contributed by atoms with Crippen molar-refractivity contribution in [1.29, 1.82) is 0 Å². The van der Waals surface area contributed by atoms with E-state index in [1.54, 1.807) is 0 Å². The average Bonchev–Trinajstić information content (AvgIpc) is 2.24. The standard InChI is InChI=1S/C12H20NO2/c1-2-12(14)15-13(9-6-10-13)11-7-4-3-5-8-11/h2,11H,1,3-10H2/q+1. The van der Waals surface area contributed by atoms with Gasteiger partial charge in [0, 0.05) is 18.9 Å². The molecule has 0 amide bonds. The highest BCUT2D eigenvalue weighted by Gasteiger charge is 2.47. The van der Waals surface area contributed by atoms with Gasteiger partial charge >= 0.3 is 5.97 Å². The number of nitrogens with zero attached hydrogens (tertiary/aromatic N) is 1. The van der Waals surface area contributed by atoms with Gasteiger partial charge in [-0.1, -0.05) is 13.0 Å². The molecule has 0 spiro atoms. The molecule has 84 valence electrons. The second-order valence-electron chi connectivity index (χ2n) is 4.66. The molecular formula is C12H20NO2+. The molecule has 2 fully saturated rings. The second kappa shape index (κ2) is 4.35. The van der Waals surface area contributed by atoms with E-state index < -0.39 is 0 Å². The maximum absolute atomic E-state index is 11.3. The molecule has 1 aliphatic carbocycles. The Morgan fingerprint density at radius 3 is 2.33 bits per heavy atom. The smallest absolute Gasteiger partial charge is 0.272 e. The molecule has 0 bridgehead atoms. The molecule has 0 aromatic heterocycles. The summed E-state index contributed by atoms with van der Waals surface area (Å²) in [5.74, 6) is -0.264. The highest BCUT2D eigenvalue weighted by atomic mass is 16.7. The molecule has 15 heavy (non-hydrogen) atoms. The maximum atomic E-state index is 11.3. The molecule has 3 nitrogen and oxygen atoms in total. The first kappa shape index (κ1) is 10.7. The molecule has 0 unspecified atom stereocenters. The Morgan fingerprint density at radius 1 is 1.20 bits per heavy atom. The molecule has 0 N–H and O–H groups in total. The second-order valence-corrected chi connectivity index (χ2v) is 4.66. The van der Waals surface area contributed by atoms with Crippen LogP contribution in [-0.4, -0.2) is 29.7 Å². The summed E-state index contributed by atoms with van der Waals surface area (Å²) in [4.78, 5) is 16.9. The molecule has 2 aliphatic rings. The van der Waals surface area contributed by atoms with Crippen molar-refractivity contribution in [1.82, 2.24) is 0 Å². The number of likely N-dealkylation sites (tertiary alicyclic amines) is 1. The summed E-state index contributed by atoms with van der Waals surface area (Å²) in [6.07, 6.45) is 8.80. The van der Waals surface area contributed by atoms with E-state index in [1.165, 1.54) is 44.6 Å². The number of carbonyl (C=O) groups is 1. The van der Waals surface area contributed by atoms with Crippen LogP contribution in [0.3, 0.4) is 0 Å². The van der Waals surface area contributed by atoms with Crippen molar-refractivity contribution < 1.29 is 14.3 Å². The van der Waals surface area contributed by atoms with Crippen molar-refractivity contribution in [3.63, 3.8) is 0 Å². The fourth-order valence-electron chi connectivity index (χ4n) is 2.77. The van der Waals surface area contributed by atoms with Gasteiger partial charge in [0.15, 0.2) is 0 Å². The summed E-state index contributed by atoms with van der Waals surface area (Å²) >= 11 is 0. The van der Waals surface area contributed by atoms with E-state index in [4.69, 9.17) is 4.84 Å². The van der Waals surface area contributed by atoms with Gasteiger partial charge in [-0.25, -0.2) is 4.79 Å². The first-order chi connectivity index (χ1) is 7.27. The molecule has 0 atom stereocenters. The van der Waals surface area contributed by atoms with Crippen LogP contribution in [0.5, 0.6) is 0 Å². The van der Waals surface area contributed by atoms with Gasteiger partial charge in [0.05, 0.1) is 6.42 Å². The van der Waals surface area contributed by atoms with E-state index in [1.807, 2.05) is 0 Å². The summed E-state index contributed by atoms with van der Waals surface area (Å²) < 4.78 is 0.588. The summed E-state index contributed by atoms with van der Waals surface area (Å²) in [7, 11) is 0. The Morgan fingerprint density at radius 2 is 1.87 bits per heavy atom. The Kier molecular flexibility index (Phi) is 3.10. The van der Waals surface area contributed by atoms with Crippen LogP contribution in [0.4, 0.5) is 0 Å². The number of carbonyl (C=O) groups excluding carboxylic acids is 1. The number of hydrogen-bond acceptors (Lipinski definition) is 2. The minimum atomic E-state index is -0.264. The summed E-state index contributed by atoms with van der Waals surface area (Å²) in [5.41, 5.74) is 0. The first-order valence-electron chi connectivity index (χ1n) is 5.99. The number of hydrogen-bond donors (Lipinski definition) is 0. The van der Waals surface area contributed by atoms with Crippen LogP contribution in [0.2, 0.25) is 0 Å². The summed E-state index contributed by atoms with van der Waals surface area (Å²) in [6.45, 7) is 5.47. The normalized spacial score (nSPS) is 25.3. The van der Waals surface area contributed by atoms with Gasteiger partial charge in [0.1, 0.15) is 19.1 Å². The fraction of sp³-hybridized carbons (Fsp3) is 0.750. The van der Waals surface area contributed by atoms with Gasteiger partial charge in [0.25, 0.3) is 0 Å². The summed E-state index contributed by atoms with van der Waals surface area (Å²) in [6, 6.07) is 0.552. The van der Waals surface area contributed by atoms with Crippen LogP contribution in [0.25, 0.3) is 0 Å². The molecular weight excluding hydrogens is 190 g/mol. The van der Waals surface area contributed by atoms with Crippen LogP contribution in [0, 0.1) is 0 Å². The fourth-order valence-corrected chi connectivity index (χ4v) is 2.77. The lowest BCUT2D eigenvalue weighted by Crippen LogP contribution is -2.64. The predicted molar refractivity (Wildman–Crippen MR) is 57.8 cm³/mol. The number of quaternary nitrogens is 1. The van der Waals surface area contributed by atoms with Gasteiger partial charge in [-0.3, -0.25) is 4.84 Å². The molecule has 3 heteroatoms. The van der Waals surface area contributed by atoms with Crippen molar-refractivity contribution in [2.75, 3.05) is 13.1 Å².